The number of aromatic amines is 1. The van der Waals surface area contributed by atoms with Crippen molar-refractivity contribution in [1.82, 2.24) is 20.1 Å². The lowest BCUT2D eigenvalue weighted by Gasteiger charge is -1.94. The molecule has 0 saturated carbocycles. The summed E-state index contributed by atoms with van der Waals surface area (Å²) < 4.78 is 5.34. The van der Waals surface area contributed by atoms with Gasteiger partial charge in [-0.05, 0) is 31.2 Å². The molecule has 1 aromatic carbocycles. The summed E-state index contributed by atoms with van der Waals surface area (Å²) in [5, 5.41) is 5.18. The molecule has 5 nitrogen and oxygen atoms in total. The lowest BCUT2D eigenvalue weighted by Crippen LogP contribution is -1.81. The maximum Gasteiger partial charge on any atom is 0.270 e. The third-order valence-electron chi connectivity index (χ3n) is 3.18. The zero-order valence-corrected chi connectivity index (χ0v) is 11.4. The van der Waals surface area contributed by atoms with Crippen LogP contribution in [0.2, 0.25) is 0 Å². The van der Waals surface area contributed by atoms with Crippen molar-refractivity contribution in [2.45, 2.75) is 6.92 Å². The van der Waals surface area contributed by atoms with Crippen molar-refractivity contribution in [3.63, 3.8) is 0 Å². The molecule has 0 aliphatic rings. The van der Waals surface area contributed by atoms with E-state index in [9.17, 15) is 0 Å². The summed E-state index contributed by atoms with van der Waals surface area (Å²) in [5.74, 6) is 1.12. The van der Waals surface area contributed by atoms with Gasteiger partial charge in [-0.15, -0.1) is 11.3 Å². The monoisotopic (exact) mass is 282 g/mol. The quantitative estimate of drug-likeness (QED) is 0.609. The number of rotatable bonds is 2. The zero-order chi connectivity index (χ0) is 13.5. The Labute approximate surface area is 118 Å². The van der Waals surface area contributed by atoms with Gasteiger partial charge in [-0.2, -0.15) is 4.98 Å². The van der Waals surface area contributed by atoms with Crippen molar-refractivity contribution in [3.05, 3.63) is 41.7 Å². The van der Waals surface area contributed by atoms with Gasteiger partial charge in [0.25, 0.3) is 5.89 Å². The molecule has 3 aromatic heterocycles. The van der Waals surface area contributed by atoms with Crippen molar-refractivity contribution in [3.8, 4) is 22.2 Å². The number of benzene rings is 1. The average Bonchev–Trinajstić information content (AvgIpc) is 3.17. The Bertz CT molecular complexity index is 889. The van der Waals surface area contributed by atoms with Crippen molar-refractivity contribution < 1.29 is 4.52 Å². The second-order valence-electron chi connectivity index (χ2n) is 4.47. The van der Waals surface area contributed by atoms with Gasteiger partial charge in [0.2, 0.25) is 5.82 Å². The highest BCUT2D eigenvalue weighted by Crippen LogP contribution is 2.28. The van der Waals surface area contributed by atoms with Crippen molar-refractivity contribution in [2.75, 3.05) is 0 Å². The molecule has 0 unspecified atom stereocenters. The van der Waals surface area contributed by atoms with E-state index in [0.29, 0.717) is 11.7 Å². The molecule has 0 aliphatic heterocycles. The fourth-order valence-corrected chi connectivity index (χ4v) is 2.86. The summed E-state index contributed by atoms with van der Waals surface area (Å²) in [6, 6.07) is 8.05. The minimum absolute atomic E-state index is 0.522. The van der Waals surface area contributed by atoms with Gasteiger partial charge in [0.1, 0.15) is 4.88 Å². The lowest BCUT2D eigenvalue weighted by atomic mass is 10.1. The van der Waals surface area contributed by atoms with Gasteiger partial charge in [-0.1, -0.05) is 5.16 Å². The number of nitrogens with zero attached hydrogens (tertiary/aromatic N) is 3. The summed E-state index contributed by atoms with van der Waals surface area (Å²) >= 11 is 1.50. The predicted molar refractivity (Wildman–Crippen MR) is 77.4 cm³/mol. The molecule has 0 amide bonds. The number of hydrogen-bond donors (Lipinski definition) is 1. The SMILES string of the molecule is Cc1ncsc1-c1nc(-c2ccc3[nH]ccc3c2)no1. The minimum Gasteiger partial charge on any atom is -0.361 e. The number of H-pyrrole nitrogens is 1. The molecule has 4 aromatic rings. The molecule has 0 bridgehead atoms. The maximum atomic E-state index is 5.34. The topological polar surface area (TPSA) is 67.6 Å². The molecule has 0 radical (unpaired) electrons. The largest absolute Gasteiger partial charge is 0.361 e. The van der Waals surface area contributed by atoms with Crippen LogP contribution in [-0.4, -0.2) is 20.1 Å². The first kappa shape index (κ1) is 11.4. The van der Waals surface area contributed by atoms with E-state index < -0.39 is 0 Å². The standard InChI is InChI=1S/C14H10N4OS/c1-8-12(20-7-16-8)14-17-13(18-19-14)10-2-3-11-9(6-10)4-5-15-11/h2-7,15H,1H3. The van der Waals surface area contributed by atoms with Crippen LogP contribution < -0.4 is 0 Å². The first-order valence-corrected chi connectivity index (χ1v) is 7.01. The summed E-state index contributed by atoms with van der Waals surface area (Å²) in [5.41, 5.74) is 4.72. The van der Waals surface area contributed by atoms with Crippen molar-refractivity contribution in [2.24, 2.45) is 0 Å². The highest BCUT2D eigenvalue weighted by atomic mass is 32.1. The van der Waals surface area contributed by atoms with Crippen LogP contribution in [-0.2, 0) is 0 Å². The molecule has 0 fully saturated rings. The number of aromatic nitrogens is 4. The molecule has 0 atom stereocenters. The average molecular weight is 282 g/mol. The first-order valence-electron chi connectivity index (χ1n) is 6.13. The van der Waals surface area contributed by atoms with Crippen molar-refractivity contribution >= 4 is 22.2 Å². The van der Waals surface area contributed by atoms with Crippen LogP contribution >= 0.6 is 11.3 Å². The van der Waals surface area contributed by atoms with Crippen LogP contribution in [0.4, 0.5) is 0 Å². The molecule has 0 spiro atoms. The molecular formula is C14H10N4OS. The third kappa shape index (κ3) is 1.73. The normalized spacial score (nSPS) is 11.2. The molecular weight excluding hydrogens is 272 g/mol. The van der Waals surface area contributed by atoms with E-state index in [0.717, 1.165) is 27.0 Å². The van der Waals surface area contributed by atoms with E-state index in [4.69, 9.17) is 4.52 Å². The van der Waals surface area contributed by atoms with E-state index >= 15 is 0 Å². The van der Waals surface area contributed by atoms with Gasteiger partial charge >= 0.3 is 0 Å². The van der Waals surface area contributed by atoms with Gasteiger partial charge in [0.15, 0.2) is 0 Å². The van der Waals surface area contributed by atoms with Gasteiger partial charge < -0.3 is 9.51 Å². The number of fused-ring (bicyclic) bond motifs is 1. The van der Waals surface area contributed by atoms with Gasteiger partial charge in [-0.3, -0.25) is 0 Å². The van der Waals surface area contributed by atoms with E-state index in [1.54, 1.807) is 5.51 Å². The Morgan fingerprint density at radius 2 is 2.20 bits per heavy atom. The third-order valence-corrected chi connectivity index (χ3v) is 4.09. The predicted octanol–water partition coefficient (Wildman–Crippen LogP) is 3.65. The van der Waals surface area contributed by atoms with Crippen LogP contribution in [0.5, 0.6) is 0 Å². The fourth-order valence-electron chi connectivity index (χ4n) is 2.13. The van der Waals surface area contributed by atoms with E-state index in [-0.39, 0.29) is 0 Å². The van der Waals surface area contributed by atoms with Crippen LogP contribution in [0.25, 0.3) is 33.1 Å². The Morgan fingerprint density at radius 1 is 1.25 bits per heavy atom. The number of nitrogens with one attached hydrogen (secondary N) is 1. The number of hydrogen-bond acceptors (Lipinski definition) is 5. The molecule has 3 heterocycles. The molecule has 20 heavy (non-hydrogen) atoms. The maximum absolute atomic E-state index is 5.34. The van der Waals surface area contributed by atoms with Crippen LogP contribution in [0.15, 0.2) is 40.5 Å². The first-order chi connectivity index (χ1) is 9.81. The van der Waals surface area contributed by atoms with E-state index in [1.165, 1.54) is 11.3 Å². The lowest BCUT2D eigenvalue weighted by molar-refractivity contribution is 0.433. The zero-order valence-electron chi connectivity index (χ0n) is 10.6. The smallest absolute Gasteiger partial charge is 0.270 e. The highest BCUT2D eigenvalue weighted by molar-refractivity contribution is 7.13. The number of thiazole rings is 1. The summed E-state index contributed by atoms with van der Waals surface area (Å²) in [6.07, 6.45) is 1.91. The summed E-state index contributed by atoms with van der Waals surface area (Å²) in [6.45, 7) is 1.93. The molecule has 0 aliphatic carbocycles. The fraction of sp³-hybridized carbons (Fsp3) is 0.0714. The van der Waals surface area contributed by atoms with E-state index in [1.807, 2.05) is 37.4 Å². The Hall–Kier alpha value is -2.47. The molecule has 6 heteroatoms. The van der Waals surface area contributed by atoms with Gasteiger partial charge in [0, 0.05) is 22.7 Å². The molecule has 1 N–H and O–H groups in total. The Balaban J connectivity index is 1.79. The second kappa shape index (κ2) is 4.28. The molecule has 4 rings (SSSR count). The Morgan fingerprint density at radius 3 is 3.05 bits per heavy atom. The second-order valence-corrected chi connectivity index (χ2v) is 5.32. The van der Waals surface area contributed by atoms with E-state index in [2.05, 4.69) is 20.1 Å². The summed E-state index contributed by atoms with van der Waals surface area (Å²) in [4.78, 5) is 12.7. The molecule has 98 valence electrons. The summed E-state index contributed by atoms with van der Waals surface area (Å²) in [7, 11) is 0. The van der Waals surface area contributed by atoms with Crippen LogP contribution in [0.3, 0.4) is 0 Å². The van der Waals surface area contributed by atoms with Crippen LogP contribution in [0, 0.1) is 6.92 Å². The highest BCUT2D eigenvalue weighted by Gasteiger charge is 2.14. The molecule has 0 saturated heterocycles. The minimum atomic E-state index is 0.522. The van der Waals surface area contributed by atoms with Crippen LogP contribution in [0.1, 0.15) is 5.69 Å². The van der Waals surface area contributed by atoms with Crippen molar-refractivity contribution in [1.29, 1.82) is 0 Å². The number of aryl methyl sites for hydroxylation is 1. The Kier molecular flexibility index (Phi) is 2.43. The van der Waals surface area contributed by atoms with Gasteiger partial charge in [-0.25, -0.2) is 4.98 Å². The van der Waals surface area contributed by atoms with Gasteiger partial charge in [0.05, 0.1) is 11.2 Å².